The van der Waals surface area contributed by atoms with Crippen molar-refractivity contribution in [3.8, 4) is 0 Å². The molecule has 0 aliphatic carbocycles. The number of benzene rings is 2. The van der Waals surface area contributed by atoms with Crippen molar-refractivity contribution in [2.45, 2.75) is 40.4 Å². The predicted octanol–water partition coefficient (Wildman–Crippen LogP) is 4.40. The van der Waals surface area contributed by atoms with Crippen LogP contribution in [0.3, 0.4) is 0 Å². The van der Waals surface area contributed by atoms with Gasteiger partial charge in [0.25, 0.3) is 0 Å². The summed E-state index contributed by atoms with van der Waals surface area (Å²) in [6, 6.07) is 14.6. The quantitative estimate of drug-likeness (QED) is 0.709. The molecule has 0 aliphatic heterocycles. The third-order valence-electron chi connectivity index (χ3n) is 4.70. The van der Waals surface area contributed by atoms with E-state index < -0.39 is 0 Å². The minimum absolute atomic E-state index is 0.144. The van der Waals surface area contributed by atoms with Gasteiger partial charge >= 0.3 is 6.03 Å². The van der Waals surface area contributed by atoms with Gasteiger partial charge in [0.2, 0.25) is 0 Å². The van der Waals surface area contributed by atoms with Crippen LogP contribution in [0, 0.1) is 5.82 Å². The van der Waals surface area contributed by atoms with Crippen LogP contribution < -0.4 is 5.32 Å². The summed E-state index contributed by atoms with van der Waals surface area (Å²) < 4.78 is 13.3. The molecule has 2 aromatic carbocycles. The molecule has 0 unspecified atom stereocenters. The maximum atomic E-state index is 13.3. The van der Waals surface area contributed by atoms with Gasteiger partial charge < -0.3 is 10.2 Å². The van der Waals surface area contributed by atoms with Crippen molar-refractivity contribution in [3.05, 3.63) is 71.0 Å². The standard InChI is InChI=1S/C22H30FN3O/c1-4-25(5-2)16-19-12-10-18(11-13-19)15-24-22(27)26(6-3)17-20-8-7-9-21(23)14-20/h7-14H,4-6,15-17H2,1-3H3,(H,24,27). The molecule has 0 aliphatic rings. The molecule has 5 heteroatoms. The number of amides is 2. The Kier molecular flexibility index (Phi) is 8.27. The predicted molar refractivity (Wildman–Crippen MR) is 108 cm³/mol. The first-order valence-electron chi connectivity index (χ1n) is 9.63. The summed E-state index contributed by atoms with van der Waals surface area (Å²) in [5.74, 6) is -0.284. The first kappa shape index (κ1) is 20.9. The van der Waals surface area contributed by atoms with Crippen molar-refractivity contribution in [2.24, 2.45) is 0 Å². The minimum atomic E-state index is -0.284. The Bertz CT molecular complexity index is 714. The topological polar surface area (TPSA) is 35.6 Å². The number of nitrogens with zero attached hydrogens (tertiary/aromatic N) is 2. The molecule has 0 bridgehead atoms. The second kappa shape index (κ2) is 10.7. The van der Waals surface area contributed by atoms with Gasteiger partial charge in [-0.2, -0.15) is 0 Å². The number of hydrogen-bond acceptors (Lipinski definition) is 2. The van der Waals surface area contributed by atoms with E-state index in [-0.39, 0.29) is 11.8 Å². The summed E-state index contributed by atoms with van der Waals surface area (Å²) in [5, 5.41) is 2.95. The molecule has 27 heavy (non-hydrogen) atoms. The van der Waals surface area contributed by atoms with Crippen LogP contribution in [0.15, 0.2) is 48.5 Å². The maximum Gasteiger partial charge on any atom is 0.317 e. The van der Waals surface area contributed by atoms with E-state index in [1.165, 1.54) is 17.7 Å². The number of halogens is 1. The summed E-state index contributed by atoms with van der Waals surface area (Å²) in [7, 11) is 0. The molecule has 0 fully saturated rings. The smallest absolute Gasteiger partial charge is 0.317 e. The fourth-order valence-electron chi connectivity index (χ4n) is 2.94. The van der Waals surface area contributed by atoms with Gasteiger partial charge in [0.1, 0.15) is 5.82 Å². The molecule has 4 nitrogen and oxygen atoms in total. The zero-order valence-electron chi connectivity index (χ0n) is 16.5. The molecule has 0 atom stereocenters. The fourth-order valence-corrected chi connectivity index (χ4v) is 2.94. The number of carbonyl (C=O) groups excluding carboxylic acids is 1. The molecule has 0 radical (unpaired) electrons. The summed E-state index contributed by atoms with van der Waals surface area (Å²) in [4.78, 5) is 16.5. The Morgan fingerprint density at radius 3 is 2.15 bits per heavy atom. The van der Waals surface area contributed by atoms with Crippen LogP contribution in [-0.2, 0) is 19.6 Å². The van der Waals surface area contributed by atoms with Crippen molar-refractivity contribution in [3.63, 3.8) is 0 Å². The third-order valence-corrected chi connectivity index (χ3v) is 4.70. The molecule has 1 N–H and O–H groups in total. The summed E-state index contributed by atoms with van der Waals surface area (Å²) in [5.41, 5.74) is 3.12. The van der Waals surface area contributed by atoms with Gasteiger partial charge in [-0.25, -0.2) is 9.18 Å². The molecule has 2 rings (SSSR count). The van der Waals surface area contributed by atoms with Crippen molar-refractivity contribution >= 4 is 6.03 Å². The third kappa shape index (κ3) is 6.68. The van der Waals surface area contributed by atoms with E-state index in [4.69, 9.17) is 0 Å². The molecule has 0 spiro atoms. The molecule has 2 aromatic rings. The SMILES string of the molecule is CCN(CC)Cc1ccc(CNC(=O)N(CC)Cc2cccc(F)c2)cc1. The van der Waals surface area contributed by atoms with Crippen molar-refractivity contribution < 1.29 is 9.18 Å². The zero-order valence-corrected chi connectivity index (χ0v) is 16.5. The van der Waals surface area contributed by atoms with E-state index in [1.54, 1.807) is 11.0 Å². The molecular formula is C22H30FN3O. The van der Waals surface area contributed by atoms with Crippen LogP contribution >= 0.6 is 0 Å². The van der Waals surface area contributed by atoms with Crippen LogP contribution in [0.25, 0.3) is 0 Å². The first-order chi connectivity index (χ1) is 13.0. The molecule has 0 saturated heterocycles. The molecule has 2 amide bonds. The minimum Gasteiger partial charge on any atom is -0.334 e. The summed E-state index contributed by atoms with van der Waals surface area (Å²) in [6.45, 7) is 10.7. The second-order valence-electron chi connectivity index (χ2n) is 6.58. The fraction of sp³-hybridized carbons (Fsp3) is 0.409. The van der Waals surface area contributed by atoms with Gasteiger partial charge in [-0.05, 0) is 48.8 Å². The van der Waals surface area contributed by atoms with E-state index in [2.05, 4.69) is 48.3 Å². The van der Waals surface area contributed by atoms with Crippen molar-refractivity contribution in [2.75, 3.05) is 19.6 Å². The lowest BCUT2D eigenvalue weighted by Gasteiger charge is -2.22. The van der Waals surface area contributed by atoms with E-state index >= 15 is 0 Å². The Hall–Kier alpha value is -2.40. The van der Waals surface area contributed by atoms with Gasteiger partial charge in [-0.15, -0.1) is 0 Å². The van der Waals surface area contributed by atoms with Crippen molar-refractivity contribution in [1.82, 2.24) is 15.1 Å². The number of nitrogens with one attached hydrogen (secondary N) is 1. The highest BCUT2D eigenvalue weighted by Crippen LogP contribution is 2.09. The van der Waals surface area contributed by atoms with Gasteiger partial charge in [0, 0.05) is 26.2 Å². The van der Waals surface area contributed by atoms with E-state index in [9.17, 15) is 9.18 Å². The maximum absolute atomic E-state index is 13.3. The zero-order chi connectivity index (χ0) is 19.6. The summed E-state index contributed by atoms with van der Waals surface area (Å²) >= 11 is 0. The number of urea groups is 1. The average Bonchev–Trinajstić information content (AvgIpc) is 2.69. The average molecular weight is 372 g/mol. The van der Waals surface area contributed by atoms with Gasteiger partial charge in [0.05, 0.1) is 0 Å². The highest BCUT2D eigenvalue weighted by atomic mass is 19.1. The van der Waals surface area contributed by atoms with Crippen LogP contribution in [-0.4, -0.2) is 35.5 Å². The van der Waals surface area contributed by atoms with Crippen LogP contribution in [0.5, 0.6) is 0 Å². The molecular weight excluding hydrogens is 341 g/mol. The molecule has 146 valence electrons. The Morgan fingerprint density at radius 1 is 0.889 bits per heavy atom. The van der Waals surface area contributed by atoms with E-state index in [0.717, 1.165) is 30.8 Å². The highest BCUT2D eigenvalue weighted by molar-refractivity contribution is 5.74. The molecule has 0 saturated carbocycles. The van der Waals surface area contributed by atoms with Gasteiger partial charge in [-0.3, -0.25) is 4.90 Å². The lowest BCUT2D eigenvalue weighted by molar-refractivity contribution is 0.197. The Morgan fingerprint density at radius 2 is 1.56 bits per heavy atom. The van der Waals surface area contributed by atoms with Gasteiger partial charge in [0.15, 0.2) is 0 Å². The second-order valence-corrected chi connectivity index (χ2v) is 6.58. The normalized spacial score (nSPS) is 10.9. The van der Waals surface area contributed by atoms with Crippen LogP contribution in [0.4, 0.5) is 9.18 Å². The Labute approximate surface area is 162 Å². The van der Waals surface area contributed by atoms with Crippen LogP contribution in [0.2, 0.25) is 0 Å². The van der Waals surface area contributed by atoms with E-state index in [1.807, 2.05) is 13.0 Å². The Balaban J connectivity index is 1.87. The number of rotatable bonds is 9. The highest BCUT2D eigenvalue weighted by Gasteiger charge is 2.12. The molecule has 0 heterocycles. The number of hydrogen-bond donors (Lipinski definition) is 1. The van der Waals surface area contributed by atoms with Crippen LogP contribution in [0.1, 0.15) is 37.5 Å². The van der Waals surface area contributed by atoms with E-state index in [0.29, 0.717) is 19.6 Å². The lowest BCUT2D eigenvalue weighted by Crippen LogP contribution is -2.39. The summed E-state index contributed by atoms with van der Waals surface area (Å²) in [6.07, 6.45) is 0. The molecule has 0 aromatic heterocycles. The monoisotopic (exact) mass is 371 g/mol. The van der Waals surface area contributed by atoms with Crippen molar-refractivity contribution in [1.29, 1.82) is 0 Å². The number of carbonyl (C=O) groups is 1. The first-order valence-corrected chi connectivity index (χ1v) is 9.63. The van der Waals surface area contributed by atoms with Gasteiger partial charge in [-0.1, -0.05) is 50.2 Å². The lowest BCUT2D eigenvalue weighted by atomic mass is 10.1. The largest absolute Gasteiger partial charge is 0.334 e.